The topological polar surface area (TPSA) is 53.0 Å². The van der Waals surface area contributed by atoms with Crippen molar-refractivity contribution in [2.24, 2.45) is 0 Å². The van der Waals surface area contributed by atoms with E-state index < -0.39 is 0 Å². The number of hydrogen-bond donors (Lipinski definition) is 1. The molecule has 0 saturated carbocycles. The van der Waals surface area contributed by atoms with Gasteiger partial charge < -0.3 is 14.7 Å². The third kappa shape index (κ3) is 4.26. The Bertz CT molecular complexity index is 250. The van der Waals surface area contributed by atoms with Crippen LogP contribution in [0.15, 0.2) is 0 Å². The SMILES string of the molecule is CC1CN(C(=O)CN(C)C(C)CO)CC(C)O1. The van der Waals surface area contributed by atoms with E-state index in [0.717, 1.165) is 0 Å². The van der Waals surface area contributed by atoms with Crippen molar-refractivity contribution in [3.05, 3.63) is 0 Å². The van der Waals surface area contributed by atoms with Crippen molar-refractivity contribution in [3.8, 4) is 0 Å². The zero-order valence-corrected chi connectivity index (χ0v) is 11.2. The predicted octanol–water partition coefficient (Wildman–Crippen LogP) is -0.0652. The van der Waals surface area contributed by atoms with Crippen molar-refractivity contribution < 1.29 is 14.6 Å². The summed E-state index contributed by atoms with van der Waals surface area (Å²) in [5, 5.41) is 9.03. The third-order valence-corrected chi connectivity index (χ3v) is 3.17. The van der Waals surface area contributed by atoms with Gasteiger partial charge >= 0.3 is 0 Å². The van der Waals surface area contributed by atoms with Crippen LogP contribution < -0.4 is 0 Å². The maximum absolute atomic E-state index is 12.1. The predicted molar refractivity (Wildman–Crippen MR) is 65.8 cm³/mol. The number of amides is 1. The van der Waals surface area contributed by atoms with Gasteiger partial charge in [0.2, 0.25) is 5.91 Å². The number of likely N-dealkylation sites (N-methyl/N-ethyl adjacent to an activating group) is 1. The number of carbonyl (C=O) groups excluding carboxylic acids is 1. The van der Waals surface area contributed by atoms with Crippen LogP contribution in [-0.2, 0) is 9.53 Å². The van der Waals surface area contributed by atoms with Crippen LogP contribution in [0.25, 0.3) is 0 Å². The minimum Gasteiger partial charge on any atom is -0.395 e. The van der Waals surface area contributed by atoms with Crippen molar-refractivity contribution in [2.75, 3.05) is 33.3 Å². The van der Waals surface area contributed by atoms with E-state index in [9.17, 15) is 4.79 Å². The summed E-state index contributed by atoms with van der Waals surface area (Å²) in [4.78, 5) is 15.8. The van der Waals surface area contributed by atoms with Crippen LogP contribution in [0.1, 0.15) is 20.8 Å². The molecular weight excluding hydrogens is 220 g/mol. The maximum atomic E-state index is 12.1. The van der Waals surface area contributed by atoms with E-state index in [4.69, 9.17) is 9.84 Å². The van der Waals surface area contributed by atoms with E-state index in [-0.39, 0.29) is 30.8 Å². The number of nitrogens with zero attached hydrogens (tertiary/aromatic N) is 2. The van der Waals surface area contributed by atoms with Crippen LogP contribution in [0, 0.1) is 0 Å². The van der Waals surface area contributed by atoms with E-state index in [0.29, 0.717) is 19.6 Å². The smallest absolute Gasteiger partial charge is 0.236 e. The number of carbonyl (C=O) groups is 1. The number of rotatable bonds is 4. The van der Waals surface area contributed by atoms with Crippen molar-refractivity contribution in [3.63, 3.8) is 0 Å². The molecule has 0 radical (unpaired) electrons. The second-order valence-electron chi connectivity index (χ2n) is 5.00. The highest BCUT2D eigenvalue weighted by atomic mass is 16.5. The van der Waals surface area contributed by atoms with Gasteiger partial charge in [0, 0.05) is 19.1 Å². The Morgan fingerprint density at radius 2 is 2.00 bits per heavy atom. The lowest BCUT2D eigenvalue weighted by atomic mass is 10.2. The Labute approximate surface area is 103 Å². The van der Waals surface area contributed by atoms with Crippen molar-refractivity contribution in [1.82, 2.24) is 9.80 Å². The summed E-state index contributed by atoms with van der Waals surface area (Å²) in [6.45, 7) is 7.60. The molecule has 1 N–H and O–H groups in total. The fraction of sp³-hybridized carbons (Fsp3) is 0.917. The molecule has 0 aromatic heterocycles. The van der Waals surface area contributed by atoms with Crippen molar-refractivity contribution in [1.29, 1.82) is 0 Å². The Morgan fingerprint density at radius 3 is 2.47 bits per heavy atom. The fourth-order valence-electron chi connectivity index (χ4n) is 1.99. The van der Waals surface area contributed by atoms with E-state index in [1.54, 1.807) is 0 Å². The monoisotopic (exact) mass is 244 g/mol. The summed E-state index contributed by atoms with van der Waals surface area (Å²) >= 11 is 0. The van der Waals surface area contributed by atoms with Gasteiger partial charge in [0.05, 0.1) is 25.4 Å². The molecule has 1 aliphatic rings. The molecule has 1 heterocycles. The lowest BCUT2D eigenvalue weighted by Gasteiger charge is -2.36. The van der Waals surface area contributed by atoms with Gasteiger partial charge in [-0.3, -0.25) is 9.69 Å². The van der Waals surface area contributed by atoms with Gasteiger partial charge in [-0.1, -0.05) is 0 Å². The van der Waals surface area contributed by atoms with Gasteiger partial charge in [0.15, 0.2) is 0 Å². The molecule has 0 spiro atoms. The largest absolute Gasteiger partial charge is 0.395 e. The van der Waals surface area contributed by atoms with Crippen molar-refractivity contribution in [2.45, 2.75) is 39.0 Å². The zero-order chi connectivity index (χ0) is 13.0. The van der Waals surface area contributed by atoms with Gasteiger partial charge in [0.25, 0.3) is 0 Å². The summed E-state index contributed by atoms with van der Waals surface area (Å²) in [5.74, 6) is 0.106. The molecule has 5 heteroatoms. The van der Waals surface area contributed by atoms with Crippen molar-refractivity contribution >= 4 is 5.91 Å². The highest BCUT2D eigenvalue weighted by Crippen LogP contribution is 2.11. The second-order valence-corrected chi connectivity index (χ2v) is 5.00. The molecule has 3 unspecified atom stereocenters. The second kappa shape index (κ2) is 6.33. The van der Waals surface area contributed by atoms with Gasteiger partial charge in [-0.2, -0.15) is 0 Å². The zero-order valence-electron chi connectivity index (χ0n) is 11.2. The first-order valence-electron chi connectivity index (χ1n) is 6.18. The van der Waals surface area contributed by atoms with E-state index in [1.807, 2.05) is 37.6 Å². The van der Waals surface area contributed by atoms with Gasteiger partial charge in [-0.05, 0) is 27.8 Å². The van der Waals surface area contributed by atoms with Crippen LogP contribution in [0.3, 0.4) is 0 Å². The molecule has 1 rings (SSSR count). The lowest BCUT2D eigenvalue weighted by Crippen LogP contribution is -2.51. The molecule has 0 aliphatic carbocycles. The number of aliphatic hydroxyl groups is 1. The van der Waals surface area contributed by atoms with Gasteiger partial charge in [-0.15, -0.1) is 0 Å². The van der Waals surface area contributed by atoms with Gasteiger partial charge in [0.1, 0.15) is 0 Å². The average molecular weight is 244 g/mol. The maximum Gasteiger partial charge on any atom is 0.236 e. The molecule has 17 heavy (non-hydrogen) atoms. The highest BCUT2D eigenvalue weighted by molar-refractivity contribution is 5.78. The summed E-state index contributed by atoms with van der Waals surface area (Å²) in [5.41, 5.74) is 0. The first kappa shape index (κ1) is 14.4. The molecule has 0 bridgehead atoms. The van der Waals surface area contributed by atoms with E-state index >= 15 is 0 Å². The van der Waals surface area contributed by atoms with E-state index in [2.05, 4.69) is 0 Å². The summed E-state index contributed by atoms with van der Waals surface area (Å²) in [7, 11) is 1.85. The number of hydrogen-bond acceptors (Lipinski definition) is 4. The Hall–Kier alpha value is -0.650. The number of ether oxygens (including phenoxy) is 1. The first-order chi connectivity index (χ1) is 7.93. The van der Waals surface area contributed by atoms with Crippen LogP contribution >= 0.6 is 0 Å². The molecule has 1 aliphatic heterocycles. The summed E-state index contributed by atoms with van der Waals surface area (Å²) in [6.07, 6.45) is 0.201. The van der Waals surface area contributed by atoms with Gasteiger partial charge in [-0.25, -0.2) is 0 Å². The average Bonchev–Trinajstić information content (AvgIpc) is 2.26. The van der Waals surface area contributed by atoms with Crippen LogP contribution in [0.2, 0.25) is 0 Å². The molecule has 1 amide bonds. The van der Waals surface area contributed by atoms with E-state index in [1.165, 1.54) is 0 Å². The molecule has 100 valence electrons. The fourth-order valence-corrected chi connectivity index (χ4v) is 1.99. The van der Waals surface area contributed by atoms with Crippen LogP contribution in [0.4, 0.5) is 0 Å². The molecular formula is C12H24N2O3. The molecule has 0 aromatic rings. The third-order valence-electron chi connectivity index (χ3n) is 3.17. The molecule has 3 atom stereocenters. The Balaban J connectivity index is 2.46. The summed E-state index contributed by atoms with van der Waals surface area (Å²) < 4.78 is 5.59. The normalized spacial score (nSPS) is 27.3. The first-order valence-corrected chi connectivity index (χ1v) is 6.18. The Kier molecular flexibility index (Phi) is 5.36. The minimum absolute atomic E-state index is 0.00911. The van der Waals surface area contributed by atoms with Crippen LogP contribution in [0.5, 0.6) is 0 Å². The molecule has 0 aromatic carbocycles. The molecule has 1 saturated heterocycles. The Morgan fingerprint density at radius 1 is 1.47 bits per heavy atom. The lowest BCUT2D eigenvalue weighted by molar-refractivity contribution is -0.144. The number of morpholine rings is 1. The molecule has 1 fully saturated rings. The summed E-state index contributed by atoms with van der Waals surface area (Å²) in [6, 6.07) is 0.00911. The quantitative estimate of drug-likeness (QED) is 0.752. The standard InChI is InChI=1S/C12H24N2O3/c1-9(8-15)13(4)7-12(16)14-5-10(2)17-11(3)6-14/h9-11,15H,5-8H2,1-4H3. The molecule has 5 nitrogen and oxygen atoms in total. The highest BCUT2D eigenvalue weighted by Gasteiger charge is 2.26. The van der Waals surface area contributed by atoms with Crippen LogP contribution in [-0.4, -0.2) is 72.4 Å². The number of aliphatic hydroxyl groups excluding tert-OH is 1. The minimum atomic E-state index is 0.00911.